The minimum Gasteiger partial charge on any atom is -0.296 e. The number of imidazole rings is 1. The molecule has 25 heavy (non-hydrogen) atoms. The average Bonchev–Trinajstić information content (AvgIpc) is 2.71. The van der Waals surface area contributed by atoms with Crippen molar-refractivity contribution in [2.24, 2.45) is 5.41 Å². The van der Waals surface area contributed by atoms with Crippen LogP contribution in [-0.2, 0) is 11.0 Å². The second kappa shape index (κ2) is 5.72. The lowest BCUT2D eigenvalue weighted by atomic mass is 9.92. The van der Waals surface area contributed by atoms with Crippen LogP contribution in [0.25, 0.3) is 16.9 Å². The van der Waals surface area contributed by atoms with Gasteiger partial charge in [0, 0.05) is 6.42 Å². The van der Waals surface area contributed by atoms with Crippen LogP contribution in [0, 0.1) is 5.41 Å². The van der Waals surface area contributed by atoms with Crippen LogP contribution in [0.15, 0.2) is 30.4 Å². The highest BCUT2D eigenvalue weighted by atomic mass is 19.4. The molecule has 3 rings (SSSR count). The van der Waals surface area contributed by atoms with Crippen molar-refractivity contribution in [1.82, 2.24) is 14.5 Å². The Morgan fingerprint density at radius 2 is 1.88 bits per heavy atom. The molecule has 0 unspecified atom stereocenters. The number of hydrogen-bond donors (Lipinski definition) is 1. The van der Waals surface area contributed by atoms with Crippen molar-refractivity contribution in [2.75, 3.05) is 5.32 Å². The molecule has 1 aliphatic rings. The molecule has 0 aliphatic heterocycles. The summed E-state index contributed by atoms with van der Waals surface area (Å²) in [6.07, 6.45) is 0.871. The Bertz CT molecular complexity index is 901. The molecular weight excluding hydrogens is 333 g/mol. The van der Waals surface area contributed by atoms with E-state index in [9.17, 15) is 18.0 Å². The lowest BCUT2D eigenvalue weighted by molar-refractivity contribution is -0.141. The van der Waals surface area contributed by atoms with Crippen molar-refractivity contribution >= 4 is 28.7 Å². The van der Waals surface area contributed by atoms with Gasteiger partial charge in [-0.25, -0.2) is 9.97 Å². The maximum absolute atomic E-state index is 13.0. The zero-order valence-corrected chi connectivity index (χ0v) is 14.0. The van der Waals surface area contributed by atoms with Gasteiger partial charge < -0.3 is 0 Å². The van der Waals surface area contributed by atoms with E-state index < -0.39 is 11.9 Å². The zero-order chi connectivity index (χ0) is 18.4. The molecule has 1 aliphatic carbocycles. The Hall–Kier alpha value is -2.64. The fraction of sp³-hybridized carbons (Fsp3) is 0.353. The quantitative estimate of drug-likeness (QED) is 0.901. The molecule has 0 saturated heterocycles. The normalized spacial score (nSPS) is 14.4. The summed E-state index contributed by atoms with van der Waals surface area (Å²) in [6, 6.07) is 2.13. The first-order chi connectivity index (χ1) is 11.5. The SMILES string of the molecule is CC(C)(C)CC(=O)Nc1nc2ccc(C(F)(F)F)nc2n1C1=CC=C1. The smallest absolute Gasteiger partial charge is 0.296 e. The fourth-order valence-corrected chi connectivity index (χ4v) is 2.43. The number of hydrogen-bond acceptors (Lipinski definition) is 3. The molecular formula is C17H17F3N4O. The van der Waals surface area contributed by atoms with Crippen LogP contribution in [0.5, 0.6) is 0 Å². The molecule has 132 valence electrons. The minimum absolute atomic E-state index is 0.0523. The molecule has 0 saturated carbocycles. The number of nitrogens with one attached hydrogen (secondary N) is 1. The molecule has 0 aromatic carbocycles. The number of rotatable bonds is 3. The molecule has 0 fully saturated rings. The summed E-state index contributed by atoms with van der Waals surface area (Å²) >= 11 is 0. The molecule has 2 aromatic heterocycles. The number of aromatic nitrogens is 3. The van der Waals surface area contributed by atoms with Gasteiger partial charge in [0.05, 0.1) is 5.70 Å². The van der Waals surface area contributed by atoms with Crippen molar-refractivity contribution < 1.29 is 18.0 Å². The number of anilines is 1. The van der Waals surface area contributed by atoms with Gasteiger partial charge >= 0.3 is 6.18 Å². The van der Waals surface area contributed by atoms with Crippen molar-refractivity contribution in [3.8, 4) is 0 Å². The maximum Gasteiger partial charge on any atom is 0.433 e. The van der Waals surface area contributed by atoms with Gasteiger partial charge in [-0.1, -0.05) is 26.8 Å². The second-order valence-corrected chi connectivity index (χ2v) is 7.04. The molecule has 0 radical (unpaired) electrons. The Kier molecular flexibility index (Phi) is 3.93. The molecule has 0 atom stereocenters. The van der Waals surface area contributed by atoms with Gasteiger partial charge in [-0.2, -0.15) is 13.2 Å². The first-order valence-corrected chi connectivity index (χ1v) is 7.70. The molecule has 5 nitrogen and oxygen atoms in total. The first kappa shape index (κ1) is 17.2. The highest BCUT2D eigenvalue weighted by molar-refractivity contribution is 5.93. The summed E-state index contributed by atoms with van der Waals surface area (Å²) in [6.45, 7) is 5.76. The summed E-state index contributed by atoms with van der Waals surface area (Å²) in [5, 5.41) is 2.68. The van der Waals surface area contributed by atoms with Crippen LogP contribution in [0.3, 0.4) is 0 Å². The number of nitrogens with zero attached hydrogens (tertiary/aromatic N) is 3. The Morgan fingerprint density at radius 3 is 2.40 bits per heavy atom. The van der Waals surface area contributed by atoms with E-state index in [2.05, 4.69) is 15.3 Å². The van der Waals surface area contributed by atoms with Crippen LogP contribution in [0.1, 0.15) is 32.9 Å². The third-order valence-corrected chi connectivity index (χ3v) is 3.53. The van der Waals surface area contributed by atoms with E-state index in [1.165, 1.54) is 10.6 Å². The first-order valence-electron chi connectivity index (χ1n) is 7.70. The Labute approximate surface area is 142 Å². The van der Waals surface area contributed by atoms with Gasteiger partial charge in [0.25, 0.3) is 0 Å². The summed E-state index contributed by atoms with van der Waals surface area (Å²) in [4.78, 5) is 20.1. The number of carbonyl (C=O) groups is 1. The molecule has 0 bridgehead atoms. The van der Waals surface area contributed by atoms with Crippen LogP contribution in [0.4, 0.5) is 19.1 Å². The third-order valence-electron chi connectivity index (χ3n) is 3.53. The average molecular weight is 350 g/mol. The number of allylic oxidation sites excluding steroid dienone is 4. The molecule has 8 heteroatoms. The lowest BCUT2D eigenvalue weighted by Gasteiger charge is -2.18. The largest absolute Gasteiger partial charge is 0.433 e. The maximum atomic E-state index is 13.0. The van der Waals surface area contributed by atoms with Gasteiger partial charge in [0.15, 0.2) is 5.65 Å². The fourth-order valence-electron chi connectivity index (χ4n) is 2.43. The highest BCUT2D eigenvalue weighted by Crippen LogP contribution is 2.32. The van der Waals surface area contributed by atoms with Gasteiger partial charge in [-0.15, -0.1) is 0 Å². The standard InChI is InChI=1S/C17H17F3N4O/c1-16(2,3)9-13(25)23-15-21-11-7-8-12(17(18,19)20)22-14(11)24(15)10-5-4-6-10/h4-8H,9H2,1-3H3,(H,21,23,25). The third kappa shape index (κ3) is 3.57. The van der Waals surface area contributed by atoms with Gasteiger partial charge in [-0.3, -0.25) is 14.7 Å². The number of carbonyl (C=O) groups excluding carboxylic acids is 1. The van der Waals surface area contributed by atoms with Crippen LogP contribution < -0.4 is 5.32 Å². The van der Waals surface area contributed by atoms with Gasteiger partial charge in [0.2, 0.25) is 11.9 Å². The molecule has 1 N–H and O–H groups in total. The number of amides is 1. The van der Waals surface area contributed by atoms with E-state index in [-0.39, 0.29) is 34.9 Å². The number of alkyl halides is 3. The topological polar surface area (TPSA) is 59.8 Å². The number of halogens is 3. The Morgan fingerprint density at radius 1 is 1.20 bits per heavy atom. The molecule has 0 spiro atoms. The highest BCUT2D eigenvalue weighted by Gasteiger charge is 2.33. The van der Waals surface area contributed by atoms with Gasteiger partial charge in [0.1, 0.15) is 11.2 Å². The monoisotopic (exact) mass is 350 g/mol. The lowest BCUT2D eigenvalue weighted by Crippen LogP contribution is -2.21. The van der Waals surface area contributed by atoms with E-state index in [1.54, 1.807) is 18.2 Å². The molecule has 1 amide bonds. The van der Waals surface area contributed by atoms with Crippen molar-refractivity contribution in [3.63, 3.8) is 0 Å². The van der Waals surface area contributed by atoms with E-state index in [1.807, 2.05) is 20.8 Å². The summed E-state index contributed by atoms with van der Waals surface area (Å²) in [5.41, 5.74) is -0.284. The number of fused-ring (bicyclic) bond motifs is 1. The second-order valence-electron chi connectivity index (χ2n) is 7.04. The predicted molar refractivity (Wildman–Crippen MR) is 88.6 cm³/mol. The summed E-state index contributed by atoms with van der Waals surface area (Å²) in [5.74, 6) is -0.101. The van der Waals surface area contributed by atoms with Crippen LogP contribution >= 0.6 is 0 Å². The summed E-state index contributed by atoms with van der Waals surface area (Å²) < 4.78 is 40.3. The van der Waals surface area contributed by atoms with Crippen molar-refractivity contribution in [2.45, 2.75) is 33.4 Å². The Balaban J connectivity index is 2.05. The zero-order valence-electron chi connectivity index (χ0n) is 14.0. The van der Waals surface area contributed by atoms with E-state index in [0.717, 1.165) is 6.07 Å². The predicted octanol–water partition coefficient (Wildman–Crippen LogP) is 4.24. The van der Waals surface area contributed by atoms with Crippen LogP contribution in [-0.4, -0.2) is 20.4 Å². The molecule has 2 aromatic rings. The summed E-state index contributed by atoms with van der Waals surface area (Å²) in [7, 11) is 0. The minimum atomic E-state index is -4.55. The molecule has 2 heterocycles. The number of pyridine rings is 1. The van der Waals surface area contributed by atoms with Crippen LogP contribution in [0.2, 0.25) is 0 Å². The van der Waals surface area contributed by atoms with E-state index in [0.29, 0.717) is 5.70 Å². The van der Waals surface area contributed by atoms with E-state index >= 15 is 0 Å². The van der Waals surface area contributed by atoms with E-state index in [4.69, 9.17) is 0 Å². The van der Waals surface area contributed by atoms with Gasteiger partial charge in [-0.05, 0) is 29.7 Å². The van der Waals surface area contributed by atoms with Crippen molar-refractivity contribution in [3.05, 3.63) is 36.1 Å². The van der Waals surface area contributed by atoms with Crippen molar-refractivity contribution in [1.29, 1.82) is 0 Å².